The zero-order valence-electron chi connectivity index (χ0n) is 32.4. The standard InChI is InChI=1S/C41H42ClF2N11O4/c1-23-13-27(26-7-10-53(31(26)14-23)34-16-30(46-2)37-48-18-33(36(45)57)55(37)50-34)29-6-3-24(17-47-29)19-51-20-40(21-51)9-12-52(22-41(40,43)44)38(58)25-4-5-28(42)32(15-25)54-11-8-35(56)49-39(54)59/h3-6,13-18,34,46,50H,7-12,19-22H2,1-2H3,(H2,45,57)(H,49,56,59). The summed E-state index contributed by atoms with van der Waals surface area (Å²) in [4.78, 5) is 65.6. The number of aromatic nitrogens is 3. The highest BCUT2D eigenvalue weighted by molar-refractivity contribution is 6.34. The van der Waals surface area contributed by atoms with Crippen LogP contribution < -0.4 is 31.6 Å². The van der Waals surface area contributed by atoms with Crippen LogP contribution in [-0.2, 0) is 17.8 Å². The van der Waals surface area contributed by atoms with E-state index in [4.69, 9.17) is 22.3 Å². The molecular formula is C41H42ClF2N11O4. The number of urea groups is 1. The number of likely N-dealkylation sites (tertiary alicyclic amines) is 2. The largest absolute Gasteiger partial charge is 0.385 e. The number of halogens is 3. The first-order valence-electron chi connectivity index (χ1n) is 19.4. The Morgan fingerprint density at radius 1 is 1.00 bits per heavy atom. The third-order valence-corrected chi connectivity index (χ3v) is 12.5. The van der Waals surface area contributed by atoms with Crippen LogP contribution in [-0.4, -0.2) is 107 Å². The molecule has 306 valence electrons. The van der Waals surface area contributed by atoms with Crippen LogP contribution in [0.25, 0.3) is 17.0 Å². The van der Waals surface area contributed by atoms with Gasteiger partial charge in [-0.2, -0.15) is 0 Å². The molecule has 0 saturated carbocycles. The molecule has 9 rings (SSSR count). The normalized spacial score (nSPS) is 20.7. The van der Waals surface area contributed by atoms with Gasteiger partial charge in [-0.25, -0.2) is 23.2 Å². The van der Waals surface area contributed by atoms with Crippen molar-refractivity contribution in [2.24, 2.45) is 11.1 Å². The fourth-order valence-electron chi connectivity index (χ4n) is 9.06. The van der Waals surface area contributed by atoms with Crippen molar-refractivity contribution in [1.29, 1.82) is 0 Å². The molecule has 1 spiro atoms. The molecule has 5 aliphatic heterocycles. The van der Waals surface area contributed by atoms with Gasteiger partial charge >= 0.3 is 6.03 Å². The second-order valence-corrected chi connectivity index (χ2v) is 16.3. The van der Waals surface area contributed by atoms with Crippen molar-refractivity contribution in [3.63, 3.8) is 0 Å². The number of pyridine rings is 1. The van der Waals surface area contributed by atoms with Gasteiger partial charge in [-0.05, 0) is 78.9 Å². The maximum absolute atomic E-state index is 15.9. The van der Waals surface area contributed by atoms with Gasteiger partial charge in [0.2, 0.25) is 5.91 Å². The van der Waals surface area contributed by atoms with Crippen molar-refractivity contribution in [3.8, 4) is 11.3 Å². The van der Waals surface area contributed by atoms with Crippen molar-refractivity contribution in [3.05, 3.63) is 99.7 Å². The van der Waals surface area contributed by atoms with E-state index in [9.17, 15) is 19.2 Å². The summed E-state index contributed by atoms with van der Waals surface area (Å²) in [5.41, 5.74) is 15.2. The second kappa shape index (κ2) is 14.3. The number of hydrogen-bond acceptors (Lipinski definition) is 10. The maximum atomic E-state index is 15.9. The summed E-state index contributed by atoms with van der Waals surface area (Å²) in [5.74, 6) is -4.11. The SMILES string of the molecule is CNC1=CC(N2CCc3c(-c4ccc(CN5CC6(CCN(C(=O)c7ccc(Cl)c(N8CCC(=O)NC8=O)c7)CC6(F)F)C5)cn4)cc(C)cc32)Nn2c(C(N)=O)cnc21. The average molecular weight is 826 g/mol. The number of imidazole rings is 1. The van der Waals surface area contributed by atoms with Crippen molar-refractivity contribution in [2.75, 3.05) is 61.5 Å². The van der Waals surface area contributed by atoms with Crippen LogP contribution in [0.5, 0.6) is 0 Å². The highest BCUT2D eigenvalue weighted by Crippen LogP contribution is 2.51. The Morgan fingerprint density at radius 3 is 2.53 bits per heavy atom. The monoisotopic (exact) mass is 825 g/mol. The Hall–Kier alpha value is -6.07. The molecule has 7 heterocycles. The zero-order valence-corrected chi connectivity index (χ0v) is 33.2. The van der Waals surface area contributed by atoms with Crippen LogP contribution in [0.15, 0.2) is 60.9 Å². The summed E-state index contributed by atoms with van der Waals surface area (Å²) < 4.78 is 33.5. The number of hydrogen-bond donors (Lipinski definition) is 4. The molecule has 1 atom stereocenters. The minimum absolute atomic E-state index is 0.0716. The van der Waals surface area contributed by atoms with E-state index in [1.165, 1.54) is 34.2 Å². The lowest BCUT2D eigenvalue weighted by molar-refractivity contribution is -0.220. The van der Waals surface area contributed by atoms with Gasteiger partial charge in [0.25, 0.3) is 17.7 Å². The van der Waals surface area contributed by atoms with E-state index >= 15 is 8.78 Å². The summed E-state index contributed by atoms with van der Waals surface area (Å²) in [7, 11) is 1.81. The number of amides is 5. The lowest BCUT2D eigenvalue weighted by atomic mass is 9.69. The Bertz CT molecular complexity index is 2450. The minimum atomic E-state index is -3.12. The number of fused-ring (bicyclic) bond motifs is 2. The summed E-state index contributed by atoms with van der Waals surface area (Å²) in [6.45, 7) is 3.16. The number of alkyl halides is 2. The lowest BCUT2D eigenvalue weighted by Gasteiger charge is -2.57. The van der Waals surface area contributed by atoms with Crippen LogP contribution in [0.4, 0.5) is 25.0 Å². The highest BCUT2D eigenvalue weighted by atomic mass is 35.5. The van der Waals surface area contributed by atoms with Crippen molar-refractivity contribution in [2.45, 2.75) is 44.8 Å². The predicted octanol–water partition coefficient (Wildman–Crippen LogP) is 3.94. The molecule has 3 saturated heterocycles. The molecule has 1 unspecified atom stereocenters. The smallest absolute Gasteiger partial charge is 0.328 e. The Balaban J connectivity index is 0.845. The number of nitrogens with zero attached hydrogens (tertiary/aromatic N) is 7. The number of nitrogens with one attached hydrogen (secondary N) is 3. The van der Waals surface area contributed by atoms with Gasteiger partial charge in [-0.1, -0.05) is 17.7 Å². The molecule has 0 radical (unpaired) electrons. The molecule has 2 aromatic heterocycles. The molecule has 2 aromatic carbocycles. The van der Waals surface area contributed by atoms with Gasteiger partial charge in [-0.15, -0.1) is 0 Å². The van der Waals surface area contributed by atoms with Crippen LogP contribution in [0, 0.1) is 12.3 Å². The molecule has 0 bridgehead atoms. The topological polar surface area (TPSA) is 174 Å². The Labute approximate surface area is 343 Å². The Kier molecular flexibility index (Phi) is 9.34. The fraction of sp³-hybridized carbons (Fsp3) is 0.366. The van der Waals surface area contributed by atoms with E-state index in [1.807, 2.05) is 43.3 Å². The average Bonchev–Trinajstić information content (AvgIpc) is 3.82. The van der Waals surface area contributed by atoms with Gasteiger partial charge in [0.05, 0.1) is 40.3 Å². The summed E-state index contributed by atoms with van der Waals surface area (Å²) in [5, 5.41) is 5.61. The van der Waals surface area contributed by atoms with E-state index in [-0.39, 0.29) is 67.2 Å². The van der Waals surface area contributed by atoms with Crippen LogP contribution >= 0.6 is 11.6 Å². The fourth-order valence-corrected chi connectivity index (χ4v) is 9.28. The number of piperidine rings is 1. The van der Waals surface area contributed by atoms with Crippen molar-refractivity contribution < 1.29 is 28.0 Å². The highest BCUT2D eigenvalue weighted by Gasteiger charge is 2.62. The number of carbonyl (C=O) groups excluding carboxylic acids is 4. The van der Waals surface area contributed by atoms with E-state index in [1.54, 1.807) is 4.68 Å². The second-order valence-electron chi connectivity index (χ2n) is 15.9. The third kappa shape index (κ3) is 6.61. The molecule has 3 fully saturated rings. The van der Waals surface area contributed by atoms with E-state index in [0.717, 1.165) is 52.3 Å². The van der Waals surface area contributed by atoms with Crippen LogP contribution in [0.3, 0.4) is 0 Å². The lowest BCUT2D eigenvalue weighted by Crippen LogP contribution is -2.70. The van der Waals surface area contributed by atoms with Gasteiger partial charge in [-0.3, -0.25) is 39.9 Å². The number of benzene rings is 2. The van der Waals surface area contributed by atoms with Gasteiger partial charge in [0.1, 0.15) is 11.9 Å². The molecule has 5 aliphatic rings. The molecule has 0 aliphatic carbocycles. The first-order valence-corrected chi connectivity index (χ1v) is 19.8. The van der Waals surface area contributed by atoms with Gasteiger partial charge in [0, 0.05) is 75.7 Å². The van der Waals surface area contributed by atoms with E-state index in [2.05, 4.69) is 38.1 Å². The van der Waals surface area contributed by atoms with Gasteiger partial charge < -0.3 is 20.9 Å². The third-order valence-electron chi connectivity index (χ3n) is 12.1. The zero-order chi connectivity index (χ0) is 41.4. The van der Waals surface area contributed by atoms with E-state index < -0.39 is 41.6 Å². The molecule has 59 heavy (non-hydrogen) atoms. The molecule has 15 nitrogen and oxygen atoms in total. The summed E-state index contributed by atoms with van der Waals surface area (Å²) >= 11 is 6.34. The van der Waals surface area contributed by atoms with E-state index in [0.29, 0.717) is 12.4 Å². The number of carbonyl (C=O) groups is 4. The number of aryl methyl sites for hydroxylation is 1. The first-order chi connectivity index (χ1) is 28.2. The number of imide groups is 1. The first kappa shape index (κ1) is 38.4. The predicted molar refractivity (Wildman–Crippen MR) is 217 cm³/mol. The molecule has 4 aromatic rings. The summed E-state index contributed by atoms with van der Waals surface area (Å²) in [6.07, 6.45) is 6.02. The van der Waals surface area contributed by atoms with Crippen molar-refractivity contribution >= 4 is 52.4 Å². The number of rotatable bonds is 8. The maximum Gasteiger partial charge on any atom is 0.328 e. The van der Waals surface area contributed by atoms with Crippen molar-refractivity contribution in [1.82, 2.24) is 35.1 Å². The van der Waals surface area contributed by atoms with Crippen LogP contribution in [0.2, 0.25) is 5.02 Å². The number of anilines is 2. The molecule has 5 amide bonds. The molecular weight excluding hydrogens is 784 g/mol. The quantitative estimate of drug-likeness (QED) is 0.204. The Morgan fingerprint density at radius 2 is 1.81 bits per heavy atom. The molecule has 5 N–H and O–H groups in total. The minimum Gasteiger partial charge on any atom is -0.385 e. The summed E-state index contributed by atoms with van der Waals surface area (Å²) in [6, 6.07) is 11.9. The van der Waals surface area contributed by atoms with Gasteiger partial charge in [0.15, 0.2) is 5.82 Å². The molecule has 18 heteroatoms. The number of nitrogens with two attached hydrogens (primary N) is 1. The van der Waals surface area contributed by atoms with Crippen LogP contribution in [0.1, 0.15) is 56.2 Å². The number of primary amides is 1.